The van der Waals surface area contributed by atoms with Crippen LogP contribution in [-0.2, 0) is 0 Å². The molecule has 0 fully saturated rings. The lowest BCUT2D eigenvalue weighted by molar-refractivity contribution is 0.688. The van der Waals surface area contributed by atoms with Gasteiger partial charge in [0.25, 0.3) is 0 Å². The average Bonchev–Trinajstić information content (AvgIpc) is 2.19. The van der Waals surface area contributed by atoms with E-state index in [1.54, 1.807) is 17.4 Å². The lowest BCUT2D eigenvalue weighted by Crippen LogP contribution is -2.31. The molecule has 2 N–H and O–H groups in total. The maximum atomic E-state index is 5.84. The first-order valence-corrected chi connectivity index (χ1v) is 4.77. The highest BCUT2D eigenvalue weighted by Crippen LogP contribution is 2.08. The van der Waals surface area contributed by atoms with Gasteiger partial charge in [-0.05, 0) is 18.6 Å². The number of nitrogens with two attached hydrogens (primary N) is 1. The number of rotatable bonds is 5. The summed E-state index contributed by atoms with van der Waals surface area (Å²) in [5.74, 6) is 5.84. The summed E-state index contributed by atoms with van der Waals surface area (Å²) in [4.78, 5) is 3.94. The minimum absolute atomic E-state index is 0.915. The Kier molecular flexibility index (Phi) is 4.26. The zero-order valence-corrected chi connectivity index (χ0v) is 8.11. The molecule has 0 spiro atoms. The van der Waals surface area contributed by atoms with Gasteiger partial charge in [0.1, 0.15) is 0 Å². The number of nitrogens with zero attached hydrogens (tertiary/aromatic N) is 2. The van der Waals surface area contributed by atoms with Gasteiger partial charge in [0.15, 0.2) is 0 Å². The fourth-order valence-corrected chi connectivity index (χ4v) is 1.20. The van der Waals surface area contributed by atoms with E-state index in [0.29, 0.717) is 0 Å². The molecule has 0 aliphatic rings. The van der Waals surface area contributed by atoms with Crippen molar-refractivity contribution in [3.63, 3.8) is 0 Å². The second kappa shape index (κ2) is 5.54. The quantitative estimate of drug-likeness (QED) is 0.427. The standard InChI is InChI=1S/C10H17N3/c1-2-3-4-9-13(11)10-5-7-12-8-6-10/h5-8H,2-4,9,11H2,1H3. The van der Waals surface area contributed by atoms with Crippen LogP contribution in [0.15, 0.2) is 24.5 Å². The third-order valence-corrected chi connectivity index (χ3v) is 2.00. The molecular weight excluding hydrogens is 162 g/mol. The summed E-state index contributed by atoms with van der Waals surface area (Å²) >= 11 is 0. The van der Waals surface area contributed by atoms with Crippen molar-refractivity contribution in [1.29, 1.82) is 0 Å². The first-order valence-electron chi connectivity index (χ1n) is 4.77. The van der Waals surface area contributed by atoms with Crippen molar-refractivity contribution in [3.05, 3.63) is 24.5 Å². The van der Waals surface area contributed by atoms with E-state index in [9.17, 15) is 0 Å². The first-order chi connectivity index (χ1) is 6.34. The van der Waals surface area contributed by atoms with E-state index in [1.807, 2.05) is 12.1 Å². The van der Waals surface area contributed by atoms with Crippen LogP contribution in [0.25, 0.3) is 0 Å². The molecule has 3 nitrogen and oxygen atoms in total. The Bertz CT molecular complexity index is 223. The summed E-state index contributed by atoms with van der Waals surface area (Å²) in [7, 11) is 0. The van der Waals surface area contributed by atoms with Gasteiger partial charge in [-0.2, -0.15) is 0 Å². The van der Waals surface area contributed by atoms with Crippen LogP contribution in [0.2, 0.25) is 0 Å². The number of hydrazine groups is 1. The van der Waals surface area contributed by atoms with Gasteiger partial charge >= 0.3 is 0 Å². The Morgan fingerprint density at radius 1 is 1.31 bits per heavy atom. The molecule has 1 aromatic heterocycles. The summed E-state index contributed by atoms with van der Waals surface area (Å²) in [5, 5.41) is 1.78. The molecule has 1 heterocycles. The first kappa shape index (κ1) is 9.99. The summed E-state index contributed by atoms with van der Waals surface area (Å²) in [5.41, 5.74) is 1.03. The molecule has 0 amide bonds. The largest absolute Gasteiger partial charge is 0.311 e. The van der Waals surface area contributed by atoms with Crippen LogP contribution >= 0.6 is 0 Å². The van der Waals surface area contributed by atoms with Gasteiger partial charge < -0.3 is 5.01 Å². The van der Waals surface area contributed by atoms with Crippen molar-refractivity contribution < 1.29 is 0 Å². The molecule has 13 heavy (non-hydrogen) atoms. The van der Waals surface area contributed by atoms with Crippen molar-refractivity contribution in [2.45, 2.75) is 26.2 Å². The molecule has 3 heteroatoms. The summed E-state index contributed by atoms with van der Waals surface area (Å²) in [6, 6.07) is 3.85. The van der Waals surface area contributed by atoms with E-state index in [-0.39, 0.29) is 0 Å². The van der Waals surface area contributed by atoms with E-state index in [1.165, 1.54) is 12.8 Å². The molecule has 0 radical (unpaired) electrons. The highest BCUT2D eigenvalue weighted by Gasteiger charge is 1.98. The molecule has 72 valence electrons. The molecule has 0 atom stereocenters. The number of aromatic nitrogens is 1. The molecule has 1 aromatic rings. The van der Waals surface area contributed by atoms with Crippen LogP contribution in [-0.4, -0.2) is 11.5 Å². The fourth-order valence-electron chi connectivity index (χ4n) is 1.20. The Labute approximate surface area is 79.5 Å². The Morgan fingerprint density at radius 3 is 2.62 bits per heavy atom. The third kappa shape index (κ3) is 3.42. The Balaban J connectivity index is 2.35. The van der Waals surface area contributed by atoms with Gasteiger partial charge in [-0.1, -0.05) is 19.8 Å². The van der Waals surface area contributed by atoms with Crippen LogP contribution in [0.3, 0.4) is 0 Å². The van der Waals surface area contributed by atoms with Crippen molar-refractivity contribution in [2.24, 2.45) is 5.84 Å². The van der Waals surface area contributed by atoms with Crippen molar-refractivity contribution in [3.8, 4) is 0 Å². The Morgan fingerprint density at radius 2 is 2.00 bits per heavy atom. The maximum Gasteiger partial charge on any atom is 0.0547 e. The van der Waals surface area contributed by atoms with Crippen LogP contribution in [0, 0.1) is 0 Å². The lowest BCUT2D eigenvalue weighted by atomic mass is 10.2. The minimum Gasteiger partial charge on any atom is -0.311 e. The monoisotopic (exact) mass is 179 g/mol. The predicted octanol–water partition coefficient (Wildman–Crippen LogP) is 1.95. The van der Waals surface area contributed by atoms with E-state index in [2.05, 4.69) is 11.9 Å². The average molecular weight is 179 g/mol. The lowest BCUT2D eigenvalue weighted by Gasteiger charge is -2.17. The van der Waals surface area contributed by atoms with Gasteiger partial charge in [-0.3, -0.25) is 4.98 Å². The molecule has 0 aromatic carbocycles. The summed E-state index contributed by atoms with van der Waals surface area (Å²) < 4.78 is 0. The van der Waals surface area contributed by atoms with Crippen LogP contribution in [0.1, 0.15) is 26.2 Å². The molecule has 1 rings (SSSR count). The molecule has 0 aliphatic heterocycles. The zero-order valence-electron chi connectivity index (χ0n) is 8.11. The van der Waals surface area contributed by atoms with Gasteiger partial charge in [0, 0.05) is 18.9 Å². The van der Waals surface area contributed by atoms with Gasteiger partial charge in [-0.15, -0.1) is 0 Å². The number of unbranched alkanes of at least 4 members (excludes halogenated alkanes) is 2. The van der Waals surface area contributed by atoms with Crippen molar-refractivity contribution >= 4 is 5.69 Å². The SMILES string of the molecule is CCCCCN(N)c1ccncc1. The zero-order chi connectivity index (χ0) is 9.52. The van der Waals surface area contributed by atoms with Crippen LogP contribution in [0.5, 0.6) is 0 Å². The van der Waals surface area contributed by atoms with Gasteiger partial charge in [0.05, 0.1) is 5.69 Å². The number of hydrogen-bond acceptors (Lipinski definition) is 3. The third-order valence-electron chi connectivity index (χ3n) is 2.00. The molecular formula is C10H17N3. The second-order valence-electron chi connectivity index (χ2n) is 3.11. The number of pyridine rings is 1. The van der Waals surface area contributed by atoms with E-state index < -0.39 is 0 Å². The maximum absolute atomic E-state index is 5.84. The van der Waals surface area contributed by atoms with Crippen molar-refractivity contribution in [2.75, 3.05) is 11.6 Å². The summed E-state index contributed by atoms with van der Waals surface area (Å²) in [6.07, 6.45) is 7.13. The molecule has 0 saturated heterocycles. The molecule has 0 aliphatic carbocycles. The van der Waals surface area contributed by atoms with Gasteiger partial charge in [-0.25, -0.2) is 5.84 Å². The molecule has 0 saturated carbocycles. The fraction of sp³-hybridized carbons (Fsp3) is 0.500. The van der Waals surface area contributed by atoms with Crippen molar-refractivity contribution in [1.82, 2.24) is 4.98 Å². The highest BCUT2D eigenvalue weighted by atomic mass is 15.4. The second-order valence-corrected chi connectivity index (χ2v) is 3.11. The number of anilines is 1. The minimum atomic E-state index is 0.915. The highest BCUT2D eigenvalue weighted by molar-refractivity contribution is 5.42. The number of hydrogen-bond donors (Lipinski definition) is 1. The Hall–Kier alpha value is -1.09. The summed E-state index contributed by atoms with van der Waals surface area (Å²) in [6.45, 7) is 3.10. The van der Waals surface area contributed by atoms with Gasteiger partial charge in [0.2, 0.25) is 0 Å². The van der Waals surface area contributed by atoms with E-state index in [4.69, 9.17) is 5.84 Å². The normalized spacial score (nSPS) is 10.0. The predicted molar refractivity (Wildman–Crippen MR) is 55.3 cm³/mol. The molecule has 0 bridgehead atoms. The van der Waals surface area contributed by atoms with Crippen LogP contribution in [0.4, 0.5) is 5.69 Å². The van der Waals surface area contributed by atoms with E-state index in [0.717, 1.165) is 18.7 Å². The topological polar surface area (TPSA) is 42.1 Å². The smallest absolute Gasteiger partial charge is 0.0547 e. The van der Waals surface area contributed by atoms with E-state index >= 15 is 0 Å². The van der Waals surface area contributed by atoms with Crippen LogP contribution < -0.4 is 10.9 Å². The molecule has 0 unspecified atom stereocenters.